The Hall–Kier alpha value is -1.26. The summed E-state index contributed by atoms with van der Waals surface area (Å²) in [5.41, 5.74) is 0.458. The van der Waals surface area contributed by atoms with Crippen molar-refractivity contribution in [2.45, 2.75) is 33.1 Å². The van der Waals surface area contributed by atoms with Gasteiger partial charge in [-0.3, -0.25) is 4.79 Å². The predicted octanol–water partition coefficient (Wildman–Crippen LogP) is 1.20. The molecule has 0 aliphatic heterocycles. The van der Waals surface area contributed by atoms with Gasteiger partial charge in [-0.15, -0.1) is 0 Å². The van der Waals surface area contributed by atoms with Crippen LogP contribution in [0.25, 0.3) is 0 Å². The lowest BCUT2D eigenvalue weighted by molar-refractivity contribution is -0.120. The van der Waals surface area contributed by atoms with Gasteiger partial charge >= 0.3 is 6.03 Å². The van der Waals surface area contributed by atoms with Crippen LogP contribution < -0.4 is 10.6 Å². The van der Waals surface area contributed by atoms with Crippen LogP contribution in [0.4, 0.5) is 4.79 Å². The van der Waals surface area contributed by atoms with Gasteiger partial charge in [0.15, 0.2) is 0 Å². The standard InChI is InChI=1S/C13H25N3O2/c1-5-13(6-2)7-10(13)8-14-11(17)9-15-12(18)16(3)4/h10H,5-9H2,1-4H3,(H,14,17)(H,15,18). The van der Waals surface area contributed by atoms with Crippen molar-refractivity contribution in [3.63, 3.8) is 0 Å². The number of amides is 3. The van der Waals surface area contributed by atoms with Crippen LogP contribution in [0.1, 0.15) is 33.1 Å². The van der Waals surface area contributed by atoms with Gasteiger partial charge in [0.2, 0.25) is 5.91 Å². The third-order valence-electron chi connectivity index (χ3n) is 4.12. The first kappa shape index (κ1) is 14.8. The van der Waals surface area contributed by atoms with Gasteiger partial charge in [-0.2, -0.15) is 0 Å². The Morgan fingerprint density at radius 2 is 1.83 bits per heavy atom. The average Bonchev–Trinajstić information content (AvgIpc) is 3.07. The van der Waals surface area contributed by atoms with Crippen LogP contribution in [0.5, 0.6) is 0 Å². The molecule has 0 aromatic carbocycles. The van der Waals surface area contributed by atoms with Crippen molar-refractivity contribution in [2.75, 3.05) is 27.2 Å². The van der Waals surface area contributed by atoms with E-state index in [2.05, 4.69) is 24.5 Å². The van der Waals surface area contributed by atoms with E-state index < -0.39 is 0 Å². The maximum Gasteiger partial charge on any atom is 0.317 e. The minimum Gasteiger partial charge on any atom is -0.354 e. The van der Waals surface area contributed by atoms with Crippen molar-refractivity contribution < 1.29 is 9.59 Å². The van der Waals surface area contributed by atoms with Crippen molar-refractivity contribution in [1.29, 1.82) is 0 Å². The molecule has 0 saturated heterocycles. The maximum absolute atomic E-state index is 11.5. The lowest BCUT2D eigenvalue weighted by Crippen LogP contribution is -2.42. The summed E-state index contributed by atoms with van der Waals surface area (Å²) >= 11 is 0. The van der Waals surface area contributed by atoms with E-state index in [1.165, 1.54) is 24.2 Å². The van der Waals surface area contributed by atoms with Crippen LogP contribution in [0.3, 0.4) is 0 Å². The van der Waals surface area contributed by atoms with E-state index in [0.29, 0.717) is 11.3 Å². The van der Waals surface area contributed by atoms with Gasteiger partial charge < -0.3 is 15.5 Å². The number of urea groups is 1. The highest BCUT2D eigenvalue weighted by Crippen LogP contribution is 2.57. The van der Waals surface area contributed by atoms with Crippen molar-refractivity contribution in [2.24, 2.45) is 11.3 Å². The minimum atomic E-state index is -0.243. The van der Waals surface area contributed by atoms with Crippen LogP contribution >= 0.6 is 0 Å². The molecule has 0 radical (unpaired) electrons. The normalized spacial score (nSPS) is 20.1. The van der Waals surface area contributed by atoms with Crippen molar-refractivity contribution in [3.05, 3.63) is 0 Å². The smallest absolute Gasteiger partial charge is 0.317 e. The molecule has 1 saturated carbocycles. The van der Waals surface area contributed by atoms with E-state index in [1.54, 1.807) is 14.1 Å². The lowest BCUT2D eigenvalue weighted by Gasteiger charge is -2.14. The molecular weight excluding hydrogens is 230 g/mol. The minimum absolute atomic E-state index is 0.0506. The Labute approximate surface area is 109 Å². The molecule has 1 aliphatic carbocycles. The van der Waals surface area contributed by atoms with Gasteiger partial charge in [0.05, 0.1) is 6.54 Å². The second-order valence-electron chi connectivity index (χ2n) is 5.33. The number of nitrogens with one attached hydrogen (secondary N) is 2. The van der Waals surface area contributed by atoms with Gasteiger partial charge in [0.1, 0.15) is 0 Å². The molecular formula is C13H25N3O2. The molecule has 5 heteroatoms. The molecule has 1 aliphatic rings. The summed E-state index contributed by atoms with van der Waals surface area (Å²) < 4.78 is 0. The fourth-order valence-corrected chi connectivity index (χ4v) is 2.45. The van der Waals surface area contributed by atoms with E-state index in [-0.39, 0.29) is 18.5 Å². The molecule has 0 bridgehead atoms. The zero-order valence-electron chi connectivity index (χ0n) is 11.9. The molecule has 1 atom stereocenters. The number of carbonyl (C=O) groups excluding carboxylic acids is 2. The van der Waals surface area contributed by atoms with E-state index in [0.717, 1.165) is 6.54 Å². The zero-order valence-corrected chi connectivity index (χ0v) is 11.9. The Morgan fingerprint density at radius 3 is 2.28 bits per heavy atom. The van der Waals surface area contributed by atoms with Gasteiger partial charge in [-0.25, -0.2) is 4.79 Å². The first-order chi connectivity index (χ1) is 8.45. The third-order valence-corrected chi connectivity index (χ3v) is 4.12. The molecule has 1 rings (SSSR count). The second-order valence-corrected chi connectivity index (χ2v) is 5.33. The van der Waals surface area contributed by atoms with E-state index in [9.17, 15) is 9.59 Å². The maximum atomic E-state index is 11.5. The fourth-order valence-electron chi connectivity index (χ4n) is 2.45. The third kappa shape index (κ3) is 3.62. The Bertz CT molecular complexity index is 311. The summed E-state index contributed by atoms with van der Waals surface area (Å²) in [5, 5.41) is 5.44. The molecule has 1 unspecified atom stereocenters. The highest BCUT2D eigenvalue weighted by Gasteiger charge is 2.50. The Morgan fingerprint density at radius 1 is 1.22 bits per heavy atom. The molecule has 104 valence electrons. The Kier molecular flexibility index (Phi) is 4.99. The molecule has 0 heterocycles. The SMILES string of the molecule is CCC1(CC)CC1CNC(=O)CNC(=O)N(C)C. The van der Waals surface area contributed by atoms with Gasteiger partial charge in [0, 0.05) is 20.6 Å². The van der Waals surface area contributed by atoms with Crippen LogP contribution in [0.2, 0.25) is 0 Å². The highest BCUT2D eigenvalue weighted by molar-refractivity contribution is 5.83. The second kappa shape index (κ2) is 6.07. The largest absolute Gasteiger partial charge is 0.354 e. The van der Waals surface area contributed by atoms with E-state index in [1.807, 2.05) is 0 Å². The first-order valence-corrected chi connectivity index (χ1v) is 6.67. The molecule has 1 fully saturated rings. The number of rotatable bonds is 6. The summed E-state index contributed by atoms with van der Waals surface area (Å²) in [5.74, 6) is 0.499. The van der Waals surface area contributed by atoms with E-state index >= 15 is 0 Å². The molecule has 0 spiro atoms. The van der Waals surface area contributed by atoms with Gasteiger partial charge in [-0.1, -0.05) is 26.7 Å². The number of hydrogen-bond acceptors (Lipinski definition) is 2. The summed E-state index contributed by atoms with van der Waals surface area (Å²) in [7, 11) is 3.29. The van der Waals surface area contributed by atoms with Crippen LogP contribution in [-0.4, -0.2) is 44.0 Å². The average molecular weight is 255 g/mol. The van der Waals surface area contributed by atoms with Crippen molar-refractivity contribution >= 4 is 11.9 Å². The van der Waals surface area contributed by atoms with Crippen LogP contribution in [-0.2, 0) is 4.79 Å². The van der Waals surface area contributed by atoms with E-state index in [4.69, 9.17) is 0 Å². The van der Waals surface area contributed by atoms with Gasteiger partial charge in [-0.05, 0) is 17.8 Å². The summed E-state index contributed by atoms with van der Waals surface area (Å²) in [6, 6.07) is -0.243. The fraction of sp³-hybridized carbons (Fsp3) is 0.846. The molecule has 3 amide bonds. The first-order valence-electron chi connectivity index (χ1n) is 6.67. The number of hydrogen-bond donors (Lipinski definition) is 2. The quantitative estimate of drug-likeness (QED) is 0.749. The van der Waals surface area contributed by atoms with Crippen LogP contribution in [0, 0.1) is 11.3 Å². The molecule has 0 aromatic heterocycles. The predicted molar refractivity (Wildman–Crippen MR) is 71.2 cm³/mol. The van der Waals surface area contributed by atoms with Gasteiger partial charge in [0.25, 0.3) is 0 Å². The summed E-state index contributed by atoms with van der Waals surface area (Å²) in [4.78, 5) is 24.2. The lowest BCUT2D eigenvalue weighted by atomic mass is 9.97. The van der Waals surface area contributed by atoms with Crippen molar-refractivity contribution in [1.82, 2.24) is 15.5 Å². The number of nitrogens with zero attached hydrogens (tertiary/aromatic N) is 1. The van der Waals surface area contributed by atoms with Crippen LogP contribution in [0.15, 0.2) is 0 Å². The topological polar surface area (TPSA) is 61.4 Å². The van der Waals surface area contributed by atoms with Crippen molar-refractivity contribution in [3.8, 4) is 0 Å². The molecule has 2 N–H and O–H groups in total. The zero-order chi connectivity index (χ0) is 13.8. The monoisotopic (exact) mass is 255 g/mol. The molecule has 18 heavy (non-hydrogen) atoms. The number of carbonyl (C=O) groups is 2. The molecule has 5 nitrogen and oxygen atoms in total. The Balaban J connectivity index is 2.17. The summed E-state index contributed by atoms with van der Waals surface area (Å²) in [6.45, 7) is 5.21. The molecule has 0 aromatic rings. The summed E-state index contributed by atoms with van der Waals surface area (Å²) in [6.07, 6.45) is 3.58. The highest BCUT2D eigenvalue weighted by atomic mass is 16.2.